The molecule has 0 N–H and O–H groups in total. The van der Waals surface area contributed by atoms with E-state index in [0.717, 1.165) is 32.8 Å². The van der Waals surface area contributed by atoms with E-state index >= 15 is 0 Å². The molecule has 0 bridgehead atoms. The third-order valence-corrected chi connectivity index (χ3v) is 3.84. The van der Waals surface area contributed by atoms with Gasteiger partial charge in [0.05, 0.1) is 24.2 Å². The van der Waals surface area contributed by atoms with Crippen LogP contribution >= 0.6 is 0 Å². The zero-order valence-electron chi connectivity index (χ0n) is 12.9. The number of hydrogen-bond donors (Lipinski definition) is 0. The summed E-state index contributed by atoms with van der Waals surface area (Å²) in [7, 11) is 0. The van der Waals surface area contributed by atoms with Crippen molar-refractivity contribution in [3.63, 3.8) is 0 Å². The fourth-order valence-corrected chi connectivity index (χ4v) is 2.64. The van der Waals surface area contributed by atoms with Gasteiger partial charge in [0, 0.05) is 19.6 Å². The highest BCUT2D eigenvalue weighted by molar-refractivity contribution is 5.54. The second-order valence-electron chi connectivity index (χ2n) is 6.18. The van der Waals surface area contributed by atoms with Crippen molar-refractivity contribution in [2.45, 2.75) is 19.3 Å². The van der Waals surface area contributed by atoms with Crippen LogP contribution in [-0.2, 0) is 10.2 Å². The summed E-state index contributed by atoms with van der Waals surface area (Å²) in [6, 6.07) is 6.44. The molecule has 0 atom stereocenters. The minimum Gasteiger partial charge on any atom is -0.379 e. The summed E-state index contributed by atoms with van der Waals surface area (Å²) in [5, 5.41) is 3.94. The molecule has 1 saturated heterocycles. The summed E-state index contributed by atoms with van der Waals surface area (Å²) in [4.78, 5) is 6.72. The SMILES string of the molecule is CC(C)(CN1CCOCC1)c1nc(-c2ccccc2F)no1. The van der Waals surface area contributed by atoms with Crippen molar-refractivity contribution in [3.8, 4) is 11.4 Å². The Kier molecular flexibility index (Phi) is 4.22. The predicted molar refractivity (Wildman–Crippen MR) is 80.0 cm³/mol. The molecule has 1 aromatic heterocycles. The maximum Gasteiger partial charge on any atom is 0.233 e. The van der Waals surface area contributed by atoms with E-state index in [4.69, 9.17) is 9.26 Å². The standard InChI is InChI=1S/C16H20FN3O2/c1-16(2,11-20-7-9-21-10-8-20)15-18-14(19-22-15)12-5-3-4-6-13(12)17/h3-6H,7-11H2,1-2H3. The molecule has 5 nitrogen and oxygen atoms in total. The fourth-order valence-electron chi connectivity index (χ4n) is 2.64. The van der Waals surface area contributed by atoms with Gasteiger partial charge in [-0.15, -0.1) is 0 Å². The zero-order chi connectivity index (χ0) is 15.6. The first-order valence-corrected chi connectivity index (χ1v) is 7.45. The first-order chi connectivity index (χ1) is 10.6. The summed E-state index contributed by atoms with van der Waals surface area (Å²) in [6.45, 7) is 8.22. The molecule has 1 aliphatic heterocycles. The molecule has 0 spiro atoms. The monoisotopic (exact) mass is 305 g/mol. The highest BCUT2D eigenvalue weighted by Gasteiger charge is 2.31. The maximum atomic E-state index is 13.8. The minimum absolute atomic E-state index is 0.295. The third-order valence-electron chi connectivity index (χ3n) is 3.84. The van der Waals surface area contributed by atoms with Crippen molar-refractivity contribution in [2.75, 3.05) is 32.8 Å². The van der Waals surface area contributed by atoms with Crippen molar-refractivity contribution < 1.29 is 13.7 Å². The van der Waals surface area contributed by atoms with Crippen LogP contribution < -0.4 is 0 Å². The van der Waals surface area contributed by atoms with Crippen molar-refractivity contribution in [1.82, 2.24) is 15.0 Å². The lowest BCUT2D eigenvalue weighted by Gasteiger charge is -2.32. The lowest BCUT2D eigenvalue weighted by atomic mass is 9.92. The van der Waals surface area contributed by atoms with Crippen LogP contribution in [0.25, 0.3) is 11.4 Å². The van der Waals surface area contributed by atoms with E-state index < -0.39 is 0 Å². The molecule has 0 saturated carbocycles. The van der Waals surface area contributed by atoms with Crippen molar-refractivity contribution >= 4 is 0 Å². The van der Waals surface area contributed by atoms with E-state index in [1.165, 1.54) is 6.07 Å². The summed E-state index contributed by atoms with van der Waals surface area (Å²) in [5.41, 5.74) is 0.0630. The summed E-state index contributed by atoms with van der Waals surface area (Å²) < 4.78 is 24.6. The van der Waals surface area contributed by atoms with Crippen LogP contribution in [0.3, 0.4) is 0 Å². The second kappa shape index (κ2) is 6.14. The minimum atomic E-state index is -0.346. The molecule has 1 aliphatic rings. The molecule has 1 aromatic carbocycles. The number of ether oxygens (including phenoxy) is 1. The molecule has 0 amide bonds. The van der Waals surface area contributed by atoms with Gasteiger partial charge in [-0.3, -0.25) is 4.90 Å². The van der Waals surface area contributed by atoms with Gasteiger partial charge < -0.3 is 9.26 Å². The van der Waals surface area contributed by atoms with Crippen LogP contribution in [-0.4, -0.2) is 47.9 Å². The first kappa shape index (κ1) is 15.1. The highest BCUT2D eigenvalue weighted by Crippen LogP contribution is 2.26. The molecule has 3 rings (SSSR count). The largest absolute Gasteiger partial charge is 0.379 e. The normalized spacial score (nSPS) is 16.9. The lowest BCUT2D eigenvalue weighted by Crippen LogP contribution is -2.43. The number of nitrogens with zero attached hydrogens (tertiary/aromatic N) is 3. The van der Waals surface area contributed by atoms with E-state index in [9.17, 15) is 4.39 Å². The van der Waals surface area contributed by atoms with Gasteiger partial charge in [-0.2, -0.15) is 4.98 Å². The maximum absolute atomic E-state index is 13.8. The molecular formula is C16H20FN3O2. The lowest BCUT2D eigenvalue weighted by molar-refractivity contribution is 0.0269. The average molecular weight is 305 g/mol. The van der Waals surface area contributed by atoms with Crippen LogP contribution in [0.15, 0.2) is 28.8 Å². The highest BCUT2D eigenvalue weighted by atomic mass is 19.1. The summed E-state index contributed by atoms with van der Waals surface area (Å²) >= 11 is 0. The molecule has 22 heavy (non-hydrogen) atoms. The van der Waals surface area contributed by atoms with Crippen LogP contribution in [0.4, 0.5) is 4.39 Å². The van der Waals surface area contributed by atoms with E-state index in [1.54, 1.807) is 18.2 Å². The van der Waals surface area contributed by atoms with E-state index in [-0.39, 0.29) is 11.2 Å². The van der Waals surface area contributed by atoms with Gasteiger partial charge in [0.15, 0.2) is 0 Å². The van der Waals surface area contributed by atoms with E-state index in [1.807, 2.05) is 0 Å². The predicted octanol–water partition coefficient (Wildman–Crippen LogP) is 2.49. The Hall–Kier alpha value is -1.79. The van der Waals surface area contributed by atoms with Crippen LogP contribution in [0.5, 0.6) is 0 Å². The second-order valence-corrected chi connectivity index (χ2v) is 6.18. The van der Waals surface area contributed by atoms with E-state index in [0.29, 0.717) is 17.3 Å². The number of halogens is 1. The quantitative estimate of drug-likeness (QED) is 0.868. The van der Waals surface area contributed by atoms with E-state index in [2.05, 4.69) is 28.9 Å². The van der Waals surface area contributed by atoms with Crippen molar-refractivity contribution in [1.29, 1.82) is 0 Å². The molecule has 2 aromatic rings. The smallest absolute Gasteiger partial charge is 0.233 e. The Morgan fingerprint density at radius 3 is 2.68 bits per heavy atom. The molecular weight excluding hydrogens is 285 g/mol. The molecule has 6 heteroatoms. The zero-order valence-corrected chi connectivity index (χ0v) is 12.9. The fraction of sp³-hybridized carbons (Fsp3) is 0.500. The Morgan fingerprint density at radius 1 is 1.23 bits per heavy atom. The topological polar surface area (TPSA) is 51.4 Å². The molecule has 2 heterocycles. The van der Waals surface area contributed by atoms with Crippen molar-refractivity contribution in [2.24, 2.45) is 0 Å². The average Bonchev–Trinajstić information content (AvgIpc) is 2.99. The van der Waals surface area contributed by atoms with Gasteiger partial charge in [-0.25, -0.2) is 4.39 Å². The van der Waals surface area contributed by atoms with Gasteiger partial charge in [-0.05, 0) is 26.0 Å². The Morgan fingerprint density at radius 2 is 1.95 bits per heavy atom. The molecule has 0 aliphatic carbocycles. The Labute approximate surface area is 129 Å². The Bertz CT molecular complexity index is 636. The van der Waals surface area contributed by atoms with Crippen LogP contribution in [0.2, 0.25) is 0 Å². The third kappa shape index (κ3) is 3.18. The first-order valence-electron chi connectivity index (χ1n) is 7.45. The van der Waals surface area contributed by atoms with Gasteiger partial charge in [0.25, 0.3) is 0 Å². The number of aromatic nitrogens is 2. The number of morpholine rings is 1. The summed E-state index contributed by atoms with van der Waals surface area (Å²) in [5.74, 6) is 0.473. The molecule has 0 radical (unpaired) electrons. The molecule has 118 valence electrons. The number of benzene rings is 1. The number of hydrogen-bond acceptors (Lipinski definition) is 5. The van der Waals surface area contributed by atoms with Gasteiger partial charge in [0.2, 0.25) is 11.7 Å². The molecule has 1 fully saturated rings. The van der Waals surface area contributed by atoms with Gasteiger partial charge in [0.1, 0.15) is 5.82 Å². The Balaban J connectivity index is 1.78. The van der Waals surface area contributed by atoms with Crippen molar-refractivity contribution in [3.05, 3.63) is 36.0 Å². The van der Waals surface area contributed by atoms with Crippen LogP contribution in [0.1, 0.15) is 19.7 Å². The van der Waals surface area contributed by atoms with Gasteiger partial charge in [-0.1, -0.05) is 17.3 Å². The van der Waals surface area contributed by atoms with Crippen LogP contribution in [0, 0.1) is 5.82 Å². The molecule has 0 unspecified atom stereocenters. The van der Waals surface area contributed by atoms with Gasteiger partial charge >= 0.3 is 0 Å². The number of rotatable bonds is 4. The summed E-state index contributed by atoms with van der Waals surface area (Å²) in [6.07, 6.45) is 0.